The second kappa shape index (κ2) is 4.00. The predicted molar refractivity (Wildman–Crippen MR) is 52.2 cm³/mol. The summed E-state index contributed by atoms with van der Waals surface area (Å²) in [4.78, 5) is 11.4. The van der Waals surface area contributed by atoms with Gasteiger partial charge in [-0.25, -0.2) is 0 Å². The van der Waals surface area contributed by atoms with Crippen LogP contribution in [0.1, 0.15) is 33.1 Å². The number of esters is 1. The fourth-order valence-corrected chi connectivity index (χ4v) is 2.31. The maximum absolute atomic E-state index is 11.4. The van der Waals surface area contributed by atoms with Crippen molar-refractivity contribution in [3.05, 3.63) is 0 Å². The summed E-state index contributed by atoms with van der Waals surface area (Å²) in [6.07, 6.45) is 2.74. The smallest absolute Gasteiger partial charge is 0.326 e. The number of nitrogens with zero attached hydrogens (tertiary/aromatic N) is 1. The monoisotopic (exact) mass is 195 g/mol. The van der Waals surface area contributed by atoms with Crippen molar-refractivity contribution in [3.63, 3.8) is 0 Å². The maximum atomic E-state index is 11.4. The number of hydrogen-bond acceptors (Lipinski definition) is 3. The van der Waals surface area contributed by atoms with Gasteiger partial charge in [0.25, 0.3) is 0 Å². The number of hydrogen-bond donors (Lipinski definition) is 0. The second-order valence-electron chi connectivity index (χ2n) is 3.96. The van der Waals surface area contributed by atoms with E-state index < -0.39 is 5.41 Å². The molecule has 0 heterocycles. The SMILES string of the molecule is CCC(CC)[C@H]1C[C@]1(C#N)C(=O)OC. The molecule has 78 valence electrons. The maximum Gasteiger partial charge on any atom is 0.326 e. The van der Waals surface area contributed by atoms with Gasteiger partial charge in [-0.1, -0.05) is 26.7 Å². The van der Waals surface area contributed by atoms with Crippen molar-refractivity contribution < 1.29 is 9.53 Å². The summed E-state index contributed by atoms with van der Waals surface area (Å²) in [6, 6.07) is 2.13. The topological polar surface area (TPSA) is 50.1 Å². The standard InChI is InChI=1S/C11H17NO2/c1-4-8(5-2)9-6-11(9,7-12)10(13)14-3/h8-9H,4-6H2,1-3H3/t9-,11-/m1/s1. The number of carbonyl (C=O) groups excluding carboxylic acids is 1. The largest absolute Gasteiger partial charge is 0.468 e. The fourth-order valence-electron chi connectivity index (χ4n) is 2.31. The van der Waals surface area contributed by atoms with E-state index in [-0.39, 0.29) is 11.9 Å². The molecule has 1 saturated carbocycles. The molecule has 3 nitrogen and oxygen atoms in total. The molecule has 1 fully saturated rings. The third kappa shape index (κ3) is 1.50. The van der Waals surface area contributed by atoms with E-state index >= 15 is 0 Å². The van der Waals surface area contributed by atoms with Gasteiger partial charge in [-0.2, -0.15) is 5.26 Å². The normalized spacial score (nSPS) is 29.8. The zero-order chi connectivity index (χ0) is 10.8. The van der Waals surface area contributed by atoms with Crippen molar-refractivity contribution in [2.75, 3.05) is 7.11 Å². The van der Waals surface area contributed by atoms with Gasteiger partial charge in [0.05, 0.1) is 13.2 Å². The number of nitriles is 1. The lowest BCUT2D eigenvalue weighted by molar-refractivity contribution is -0.145. The molecular formula is C11H17NO2. The van der Waals surface area contributed by atoms with Crippen LogP contribution in [0.25, 0.3) is 0 Å². The first-order chi connectivity index (χ1) is 6.66. The molecule has 0 aromatic heterocycles. The van der Waals surface area contributed by atoms with Gasteiger partial charge in [-0.15, -0.1) is 0 Å². The van der Waals surface area contributed by atoms with E-state index in [1.807, 2.05) is 0 Å². The summed E-state index contributed by atoms with van der Waals surface area (Å²) in [5.41, 5.74) is -0.814. The van der Waals surface area contributed by atoms with Gasteiger partial charge in [0.2, 0.25) is 0 Å². The molecule has 1 rings (SSSR count). The van der Waals surface area contributed by atoms with E-state index in [0.717, 1.165) is 12.8 Å². The van der Waals surface area contributed by atoms with Crippen LogP contribution in [0.5, 0.6) is 0 Å². The van der Waals surface area contributed by atoms with Crippen molar-refractivity contribution in [1.82, 2.24) is 0 Å². The van der Waals surface area contributed by atoms with Crippen molar-refractivity contribution in [2.45, 2.75) is 33.1 Å². The van der Waals surface area contributed by atoms with E-state index in [2.05, 4.69) is 24.7 Å². The van der Waals surface area contributed by atoms with Crippen LogP contribution >= 0.6 is 0 Å². The van der Waals surface area contributed by atoms with Gasteiger partial charge in [0.15, 0.2) is 5.41 Å². The molecule has 0 bridgehead atoms. The molecule has 0 aromatic carbocycles. The average Bonchev–Trinajstić information content (AvgIpc) is 2.95. The fraction of sp³-hybridized carbons (Fsp3) is 0.818. The Kier molecular flexibility index (Phi) is 3.15. The Morgan fingerprint density at radius 1 is 1.64 bits per heavy atom. The Labute approximate surface area is 85.1 Å². The Morgan fingerprint density at radius 3 is 2.57 bits per heavy atom. The van der Waals surface area contributed by atoms with Crippen LogP contribution in [-0.4, -0.2) is 13.1 Å². The summed E-state index contributed by atoms with van der Waals surface area (Å²) in [7, 11) is 1.35. The Morgan fingerprint density at radius 2 is 2.21 bits per heavy atom. The molecule has 2 atom stereocenters. The zero-order valence-electron chi connectivity index (χ0n) is 9.04. The van der Waals surface area contributed by atoms with E-state index in [4.69, 9.17) is 5.26 Å². The minimum atomic E-state index is -0.814. The minimum Gasteiger partial charge on any atom is -0.468 e. The molecule has 1 aliphatic carbocycles. The lowest BCUT2D eigenvalue weighted by atomic mass is 9.91. The summed E-state index contributed by atoms with van der Waals surface area (Å²) in [5.74, 6) is 0.348. The summed E-state index contributed by atoms with van der Waals surface area (Å²) in [5, 5.41) is 9.02. The predicted octanol–water partition coefficient (Wildman–Crippen LogP) is 2.13. The molecular weight excluding hydrogens is 178 g/mol. The molecule has 0 N–H and O–H groups in total. The number of rotatable bonds is 4. The minimum absolute atomic E-state index is 0.218. The highest BCUT2D eigenvalue weighted by atomic mass is 16.5. The third-order valence-corrected chi connectivity index (χ3v) is 3.38. The summed E-state index contributed by atoms with van der Waals surface area (Å²) >= 11 is 0. The number of methoxy groups -OCH3 is 1. The van der Waals surface area contributed by atoms with Crippen molar-refractivity contribution in [2.24, 2.45) is 17.3 Å². The quantitative estimate of drug-likeness (QED) is 0.646. The van der Waals surface area contributed by atoms with Crippen LogP contribution in [0.2, 0.25) is 0 Å². The molecule has 0 aromatic rings. The van der Waals surface area contributed by atoms with Crippen LogP contribution < -0.4 is 0 Å². The number of ether oxygens (including phenoxy) is 1. The average molecular weight is 195 g/mol. The van der Waals surface area contributed by atoms with Crippen LogP contribution in [-0.2, 0) is 9.53 Å². The highest BCUT2D eigenvalue weighted by Crippen LogP contribution is 2.58. The zero-order valence-corrected chi connectivity index (χ0v) is 9.04. The van der Waals surface area contributed by atoms with E-state index in [1.54, 1.807) is 0 Å². The van der Waals surface area contributed by atoms with Crippen LogP contribution in [0.15, 0.2) is 0 Å². The van der Waals surface area contributed by atoms with Gasteiger partial charge < -0.3 is 4.74 Å². The molecule has 0 spiro atoms. The highest BCUT2D eigenvalue weighted by molar-refractivity contribution is 5.84. The first kappa shape index (κ1) is 11.0. The second-order valence-corrected chi connectivity index (χ2v) is 3.96. The van der Waals surface area contributed by atoms with Gasteiger partial charge in [-0.05, 0) is 18.3 Å². The Hall–Kier alpha value is -1.04. The van der Waals surface area contributed by atoms with E-state index in [1.165, 1.54) is 7.11 Å². The highest BCUT2D eigenvalue weighted by Gasteiger charge is 2.63. The van der Waals surface area contributed by atoms with Gasteiger partial charge >= 0.3 is 5.97 Å². The first-order valence-corrected chi connectivity index (χ1v) is 5.15. The van der Waals surface area contributed by atoms with Crippen LogP contribution in [0.3, 0.4) is 0 Å². The molecule has 0 aliphatic heterocycles. The first-order valence-electron chi connectivity index (χ1n) is 5.15. The lowest BCUT2D eigenvalue weighted by Crippen LogP contribution is -2.20. The van der Waals surface area contributed by atoms with Crippen molar-refractivity contribution >= 4 is 5.97 Å². The molecule has 0 saturated heterocycles. The third-order valence-electron chi connectivity index (χ3n) is 3.38. The summed E-state index contributed by atoms with van der Waals surface area (Å²) in [6.45, 7) is 4.21. The van der Waals surface area contributed by atoms with Gasteiger partial charge in [0.1, 0.15) is 0 Å². The molecule has 14 heavy (non-hydrogen) atoms. The lowest BCUT2D eigenvalue weighted by Gasteiger charge is -2.13. The molecule has 0 amide bonds. The molecule has 0 unspecified atom stereocenters. The Bertz CT molecular complexity index is 265. The van der Waals surface area contributed by atoms with Crippen molar-refractivity contribution in [3.8, 4) is 6.07 Å². The number of carbonyl (C=O) groups is 1. The Balaban J connectivity index is 2.72. The van der Waals surface area contributed by atoms with Crippen LogP contribution in [0.4, 0.5) is 0 Å². The van der Waals surface area contributed by atoms with Gasteiger partial charge in [-0.3, -0.25) is 4.79 Å². The van der Waals surface area contributed by atoms with Crippen molar-refractivity contribution in [1.29, 1.82) is 5.26 Å². The summed E-state index contributed by atoms with van der Waals surface area (Å²) < 4.78 is 4.68. The molecule has 0 radical (unpaired) electrons. The van der Waals surface area contributed by atoms with Gasteiger partial charge in [0, 0.05) is 0 Å². The molecule has 1 aliphatic rings. The molecule has 3 heteroatoms. The van der Waals surface area contributed by atoms with E-state index in [9.17, 15) is 4.79 Å². The van der Waals surface area contributed by atoms with E-state index in [0.29, 0.717) is 12.3 Å². The van der Waals surface area contributed by atoms with Crippen LogP contribution in [0, 0.1) is 28.6 Å².